The number of H-pyrrole nitrogens is 1. The molecule has 3 heterocycles. The molecule has 35 heavy (non-hydrogen) atoms. The molecule has 5 atom stereocenters. The molecule has 1 aromatic rings. The summed E-state index contributed by atoms with van der Waals surface area (Å²) in [4.78, 5) is 27.2. The zero-order valence-corrected chi connectivity index (χ0v) is 25.4. The number of ether oxygens (including phenoxy) is 3. The Bertz CT molecular complexity index is 1050. The highest BCUT2D eigenvalue weighted by atomic mass is 28.4. The summed E-state index contributed by atoms with van der Waals surface area (Å²) in [5.74, 6) is -1.26. The summed E-state index contributed by atoms with van der Waals surface area (Å²) in [6.07, 6.45) is -1.17. The van der Waals surface area contributed by atoms with E-state index >= 15 is 0 Å². The van der Waals surface area contributed by atoms with Gasteiger partial charge in [-0.2, -0.15) is 0 Å². The monoisotopic (exact) mass is 528 g/mol. The Morgan fingerprint density at radius 2 is 1.60 bits per heavy atom. The van der Waals surface area contributed by atoms with Gasteiger partial charge < -0.3 is 23.1 Å². The fourth-order valence-corrected chi connectivity index (χ4v) is 6.09. The minimum Gasteiger partial charge on any atom is -0.411 e. The van der Waals surface area contributed by atoms with E-state index in [0.29, 0.717) is 5.56 Å². The van der Waals surface area contributed by atoms with Crippen molar-refractivity contribution in [2.45, 2.75) is 122 Å². The fraction of sp³-hybridized carbons (Fsp3) is 0.833. The van der Waals surface area contributed by atoms with Gasteiger partial charge in [-0.05, 0) is 50.1 Å². The Kier molecular flexibility index (Phi) is 7.35. The van der Waals surface area contributed by atoms with Crippen LogP contribution in [0.3, 0.4) is 0 Å². The number of hydrogen-bond donors (Lipinski definition) is 1. The van der Waals surface area contributed by atoms with Crippen LogP contribution in [0, 0.1) is 6.92 Å². The van der Waals surface area contributed by atoms with Gasteiger partial charge in [0, 0.05) is 11.8 Å². The molecule has 0 spiro atoms. The predicted octanol–water partition coefficient (Wildman–Crippen LogP) is 4.24. The van der Waals surface area contributed by atoms with E-state index in [1.165, 1.54) is 10.8 Å². The van der Waals surface area contributed by atoms with E-state index in [1.807, 2.05) is 6.92 Å². The molecule has 2 bridgehead atoms. The normalized spacial score (nSPS) is 30.1. The second kappa shape index (κ2) is 9.03. The minimum absolute atomic E-state index is 0.0133. The topological polar surface area (TPSA) is 101 Å². The molecule has 9 nitrogen and oxygen atoms in total. The van der Waals surface area contributed by atoms with Crippen molar-refractivity contribution in [2.75, 3.05) is 6.61 Å². The smallest absolute Gasteiger partial charge is 0.330 e. The molecule has 2 saturated heterocycles. The molecule has 0 radical (unpaired) electrons. The lowest BCUT2D eigenvalue weighted by molar-refractivity contribution is -0.347. The van der Waals surface area contributed by atoms with Crippen LogP contribution in [-0.2, 0) is 23.1 Å². The Morgan fingerprint density at radius 3 is 2.14 bits per heavy atom. The highest BCUT2D eigenvalue weighted by molar-refractivity contribution is 6.74. The molecule has 1 unspecified atom stereocenters. The predicted molar refractivity (Wildman–Crippen MR) is 140 cm³/mol. The fourth-order valence-electron chi connectivity index (χ4n) is 3.79. The summed E-state index contributed by atoms with van der Waals surface area (Å²) in [6, 6.07) is 0. The van der Waals surface area contributed by atoms with Gasteiger partial charge in [0.05, 0.1) is 6.61 Å². The molecule has 0 aliphatic carbocycles. The SMILES string of the molecule is Cc1cn([C@@H]2O[C@@]3(CO[Si](C)(C)C(C)(C)C)O[C@H](C)O[C@H]2C3O[Si](C)(C)C(C)(C)C)c(=O)[nH]c1=O. The zero-order chi connectivity index (χ0) is 26.8. The number of aryl methyl sites for hydroxylation is 1. The van der Waals surface area contributed by atoms with E-state index in [4.69, 9.17) is 23.1 Å². The summed E-state index contributed by atoms with van der Waals surface area (Å²) in [5, 5.41) is -0.0849. The zero-order valence-electron chi connectivity index (χ0n) is 23.4. The molecule has 1 N–H and O–H groups in total. The highest BCUT2D eigenvalue weighted by Gasteiger charge is 2.65. The third-order valence-electron chi connectivity index (χ3n) is 8.14. The second-order valence-corrected chi connectivity index (χ2v) is 22.5. The van der Waals surface area contributed by atoms with Crippen molar-refractivity contribution in [3.8, 4) is 0 Å². The molecule has 1 aromatic heterocycles. The number of nitrogens with one attached hydrogen (secondary N) is 1. The summed E-state index contributed by atoms with van der Waals surface area (Å²) in [6.45, 7) is 25.3. The average molecular weight is 529 g/mol. The lowest BCUT2D eigenvalue weighted by Crippen LogP contribution is -2.62. The quantitative estimate of drug-likeness (QED) is 0.551. The van der Waals surface area contributed by atoms with Crippen molar-refractivity contribution in [3.05, 3.63) is 32.6 Å². The van der Waals surface area contributed by atoms with Crippen molar-refractivity contribution in [2.24, 2.45) is 0 Å². The van der Waals surface area contributed by atoms with Crippen molar-refractivity contribution in [1.82, 2.24) is 9.55 Å². The first-order chi connectivity index (χ1) is 15.7. The molecule has 3 rings (SSSR count). The Hall–Kier alpha value is -1.09. The summed E-state index contributed by atoms with van der Waals surface area (Å²) in [7, 11) is -4.48. The summed E-state index contributed by atoms with van der Waals surface area (Å²) < 4.78 is 34.0. The van der Waals surface area contributed by atoms with Crippen LogP contribution in [0.5, 0.6) is 0 Å². The summed E-state index contributed by atoms with van der Waals surface area (Å²) in [5.41, 5.74) is -0.596. The van der Waals surface area contributed by atoms with Crippen molar-refractivity contribution < 1.29 is 23.1 Å². The second-order valence-electron chi connectivity index (χ2n) is 12.9. The lowest BCUT2D eigenvalue weighted by Gasteiger charge is -2.48. The van der Waals surface area contributed by atoms with E-state index in [0.717, 1.165) is 0 Å². The van der Waals surface area contributed by atoms with E-state index in [-0.39, 0.29) is 16.7 Å². The number of nitrogens with zero attached hydrogens (tertiary/aromatic N) is 1. The van der Waals surface area contributed by atoms with Gasteiger partial charge in [-0.25, -0.2) is 4.79 Å². The van der Waals surface area contributed by atoms with Gasteiger partial charge >= 0.3 is 5.69 Å². The Labute approximate surface area is 210 Å². The van der Waals surface area contributed by atoms with Crippen molar-refractivity contribution >= 4 is 16.6 Å². The molecule has 0 aromatic carbocycles. The van der Waals surface area contributed by atoms with Crippen LogP contribution < -0.4 is 11.2 Å². The third kappa shape index (κ3) is 5.32. The van der Waals surface area contributed by atoms with Gasteiger partial charge in [-0.1, -0.05) is 41.5 Å². The van der Waals surface area contributed by atoms with Crippen LogP contribution in [0.2, 0.25) is 36.3 Å². The Balaban J connectivity index is 2.10. The third-order valence-corrected chi connectivity index (χ3v) is 17.1. The molecule has 2 aliphatic rings. The van der Waals surface area contributed by atoms with Crippen LogP contribution in [-0.4, -0.2) is 57.1 Å². The average Bonchev–Trinajstić information content (AvgIpc) is 2.85. The number of hydrogen-bond acceptors (Lipinski definition) is 7. The number of rotatable bonds is 6. The molecular weight excluding hydrogens is 484 g/mol. The van der Waals surface area contributed by atoms with Gasteiger partial charge in [0.1, 0.15) is 12.2 Å². The van der Waals surface area contributed by atoms with Gasteiger partial charge in [-0.15, -0.1) is 0 Å². The Morgan fingerprint density at radius 1 is 1.03 bits per heavy atom. The molecule has 11 heteroatoms. The molecule has 2 aliphatic heterocycles. The molecule has 0 amide bonds. The first kappa shape index (κ1) is 28.5. The van der Waals surface area contributed by atoms with Gasteiger partial charge in [0.25, 0.3) is 5.56 Å². The van der Waals surface area contributed by atoms with Crippen LogP contribution in [0.25, 0.3) is 0 Å². The maximum absolute atomic E-state index is 12.8. The van der Waals surface area contributed by atoms with Crippen LogP contribution >= 0.6 is 0 Å². The standard InChI is InChI=1S/C24H44N2O7Si2/c1-15-13-26(21(28)25-19(15)27)20-17-18(33-35(11,12)23(6,7)8)24(32-20,31-16(2)30-17)14-29-34(9,10)22(3,4)5/h13,16-18,20H,14H2,1-12H3,(H,25,27,28)/t16-,17+,18?,20-,24-/m1/s1. The first-order valence-electron chi connectivity index (χ1n) is 12.4. The van der Waals surface area contributed by atoms with Crippen molar-refractivity contribution in [3.63, 3.8) is 0 Å². The van der Waals surface area contributed by atoms with Crippen LogP contribution in [0.4, 0.5) is 0 Å². The summed E-state index contributed by atoms with van der Waals surface area (Å²) >= 11 is 0. The van der Waals surface area contributed by atoms with Gasteiger partial charge in [-0.3, -0.25) is 14.3 Å². The molecule has 2 fully saturated rings. The largest absolute Gasteiger partial charge is 0.411 e. The van der Waals surface area contributed by atoms with E-state index in [2.05, 4.69) is 72.7 Å². The maximum Gasteiger partial charge on any atom is 0.330 e. The maximum atomic E-state index is 12.8. The van der Waals surface area contributed by atoms with Gasteiger partial charge in [0.2, 0.25) is 5.79 Å². The molecular formula is C24H44N2O7Si2. The number of aromatic amines is 1. The van der Waals surface area contributed by atoms with Crippen molar-refractivity contribution in [1.29, 1.82) is 0 Å². The molecule has 0 saturated carbocycles. The van der Waals surface area contributed by atoms with Crippen LogP contribution in [0.15, 0.2) is 15.8 Å². The van der Waals surface area contributed by atoms with Crippen LogP contribution in [0.1, 0.15) is 60.3 Å². The lowest BCUT2D eigenvalue weighted by atomic mass is 10.1. The number of aromatic nitrogens is 2. The number of fused-ring (bicyclic) bond motifs is 2. The van der Waals surface area contributed by atoms with E-state index in [1.54, 1.807) is 6.92 Å². The highest BCUT2D eigenvalue weighted by Crippen LogP contribution is 2.50. The molecule has 200 valence electrons. The minimum atomic E-state index is -2.31. The van der Waals surface area contributed by atoms with E-state index < -0.39 is 58.4 Å². The van der Waals surface area contributed by atoms with Gasteiger partial charge in [0.15, 0.2) is 29.2 Å². The first-order valence-corrected chi connectivity index (χ1v) is 18.2. The van der Waals surface area contributed by atoms with E-state index in [9.17, 15) is 9.59 Å².